The molecule has 0 bridgehead atoms. The molecule has 0 spiro atoms. The van der Waals surface area contributed by atoms with Gasteiger partial charge in [0.05, 0.1) is 19.6 Å². The van der Waals surface area contributed by atoms with Gasteiger partial charge in [-0.25, -0.2) is 8.78 Å². The highest BCUT2D eigenvalue weighted by molar-refractivity contribution is 6.01. The number of benzene rings is 3. The number of hydrogen-bond acceptors (Lipinski definition) is 5. The number of halogens is 2. The molecule has 2 atom stereocenters. The van der Waals surface area contributed by atoms with Crippen molar-refractivity contribution < 1.29 is 37.8 Å². The average Bonchev–Trinajstić information content (AvgIpc) is 2.94. The number of carboxylic acid groups (broad SMARTS) is 1. The molecule has 3 amide bonds. The SMILES string of the molecule is COc1cccc(C(=O)N2CCCN(C(=O)c3cc(F)cc(F)c3)C2C(=O)NC(CC(=O)O)c2cccc(C)c2)c1. The maximum Gasteiger partial charge on any atom is 0.305 e. The Morgan fingerprint density at radius 2 is 1.56 bits per heavy atom. The molecule has 0 radical (unpaired) electrons. The molecule has 2 unspecified atom stereocenters. The number of ether oxygens (including phenoxy) is 1. The molecule has 0 saturated carbocycles. The number of nitrogens with zero attached hydrogens (tertiary/aromatic N) is 2. The lowest BCUT2D eigenvalue weighted by Crippen LogP contribution is -2.63. The van der Waals surface area contributed by atoms with Gasteiger partial charge < -0.3 is 25.0 Å². The van der Waals surface area contributed by atoms with Gasteiger partial charge in [-0.2, -0.15) is 0 Å². The van der Waals surface area contributed by atoms with Gasteiger partial charge in [0.25, 0.3) is 17.7 Å². The van der Waals surface area contributed by atoms with E-state index < -0.39 is 54.0 Å². The van der Waals surface area contributed by atoms with Crippen LogP contribution in [0.5, 0.6) is 5.75 Å². The fraction of sp³-hybridized carbons (Fsp3) is 0.267. The molecule has 1 aliphatic rings. The molecule has 3 aromatic rings. The van der Waals surface area contributed by atoms with Crippen LogP contribution in [0, 0.1) is 18.6 Å². The monoisotopic (exact) mass is 565 g/mol. The van der Waals surface area contributed by atoms with Crippen LogP contribution >= 0.6 is 0 Å². The molecule has 11 heteroatoms. The Morgan fingerprint density at radius 3 is 2.17 bits per heavy atom. The van der Waals surface area contributed by atoms with Crippen molar-refractivity contribution in [2.24, 2.45) is 0 Å². The van der Waals surface area contributed by atoms with Crippen LogP contribution in [0.4, 0.5) is 8.78 Å². The Balaban J connectivity index is 1.75. The average molecular weight is 566 g/mol. The predicted molar refractivity (Wildman–Crippen MR) is 144 cm³/mol. The number of methoxy groups -OCH3 is 1. The number of nitrogens with one attached hydrogen (secondary N) is 1. The summed E-state index contributed by atoms with van der Waals surface area (Å²) in [5.41, 5.74) is 1.21. The number of carbonyl (C=O) groups excluding carboxylic acids is 3. The van der Waals surface area contributed by atoms with E-state index in [1.54, 1.807) is 30.3 Å². The largest absolute Gasteiger partial charge is 0.497 e. The molecule has 1 heterocycles. The highest BCUT2D eigenvalue weighted by Crippen LogP contribution is 2.25. The standard InChI is InChI=1S/C30H29F2N3O6/c1-18-6-3-7-19(12-18)25(17-26(36)37)33-27(38)28-34(29(39)20-8-4-9-24(15-20)41-2)10-5-11-35(28)30(40)21-13-22(31)16-23(32)14-21/h3-4,6-9,12-16,25,28H,5,10-11,17H2,1-2H3,(H,33,38)(H,36,37). The molecule has 1 aliphatic heterocycles. The van der Waals surface area contributed by atoms with Crippen molar-refractivity contribution in [3.8, 4) is 5.75 Å². The van der Waals surface area contributed by atoms with E-state index in [0.717, 1.165) is 22.6 Å². The molecular formula is C30H29F2N3O6. The van der Waals surface area contributed by atoms with Gasteiger partial charge in [0.1, 0.15) is 17.4 Å². The van der Waals surface area contributed by atoms with Crippen molar-refractivity contribution in [3.05, 3.63) is 101 Å². The number of aryl methyl sites for hydroxylation is 1. The van der Waals surface area contributed by atoms with Crippen molar-refractivity contribution in [3.63, 3.8) is 0 Å². The van der Waals surface area contributed by atoms with Crippen molar-refractivity contribution in [2.45, 2.75) is 32.0 Å². The van der Waals surface area contributed by atoms with Crippen LogP contribution in [0.25, 0.3) is 0 Å². The third kappa shape index (κ3) is 6.86. The van der Waals surface area contributed by atoms with E-state index in [2.05, 4.69) is 5.32 Å². The second kappa shape index (κ2) is 12.6. The number of amides is 3. The maximum absolute atomic E-state index is 14.0. The summed E-state index contributed by atoms with van der Waals surface area (Å²) in [6.45, 7) is 1.91. The molecule has 214 valence electrons. The van der Waals surface area contributed by atoms with Crippen molar-refractivity contribution in [1.82, 2.24) is 15.1 Å². The van der Waals surface area contributed by atoms with Gasteiger partial charge in [-0.1, -0.05) is 35.9 Å². The van der Waals surface area contributed by atoms with E-state index >= 15 is 0 Å². The van der Waals surface area contributed by atoms with Crippen LogP contribution < -0.4 is 10.1 Å². The second-order valence-corrected chi connectivity index (χ2v) is 9.69. The Kier molecular flexibility index (Phi) is 8.96. The van der Waals surface area contributed by atoms with Crippen LogP contribution in [-0.4, -0.2) is 65.0 Å². The van der Waals surface area contributed by atoms with Crippen LogP contribution in [0.15, 0.2) is 66.7 Å². The van der Waals surface area contributed by atoms with Gasteiger partial charge in [0.2, 0.25) is 0 Å². The predicted octanol–water partition coefficient (Wildman–Crippen LogP) is 3.93. The van der Waals surface area contributed by atoms with Crippen LogP contribution in [-0.2, 0) is 9.59 Å². The summed E-state index contributed by atoms with van der Waals surface area (Å²) in [4.78, 5) is 55.2. The summed E-state index contributed by atoms with van der Waals surface area (Å²) in [5, 5.41) is 12.3. The summed E-state index contributed by atoms with van der Waals surface area (Å²) >= 11 is 0. The van der Waals surface area contributed by atoms with Gasteiger partial charge in [-0.05, 0) is 49.2 Å². The lowest BCUT2D eigenvalue weighted by atomic mass is 10.0. The van der Waals surface area contributed by atoms with E-state index in [4.69, 9.17) is 4.74 Å². The summed E-state index contributed by atoms with van der Waals surface area (Å²) in [6, 6.07) is 14.5. The molecule has 0 aliphatic carbocycles. The van der Waals surface area contributed by atoms with Crippen LogP contribution in [0.3, 0.4) is 0 Å². The van der Waals surface area contributed by atoms with E-state index in [1.165, 1.54) is 24.1 Å². The highest BCUT2D eigenvalue weighted by atomic mass is 19.1. The molecular weight excluding hydrogens is 536 g/mol. The van der Waals surface area contributed by atoms with Gasteiger partial charge in [-0.3, -0.25) is 19.2 Å². The number of aliphatic carboxylic acids is 1. The molecule has 41 heavy (non-hydrogen) atoms. The topological polar surface area (TPSA) is 116 Å². The third-order valence-corrected chi connectivity index (χ3v) is 6.71. The van der Waals surface area contributed by atoms with Crippen molar-refractivity contribution >= 4 is 23.7 Å². The van der Waals surface area contributed by atoms with Crippen molar-refractivity contribution in [2.75, 3.05) is 20.2 Å². The third-order valence-electron chi connectivity index (χ3n) is 6.71. The Hall–Kier alpha value is -4.80. The number of hydrogen-bond donors (Lipinski definition) is 2. The molecule has 1 saturated heterocycles. The molecule has 9 nitrogen and oxygen atoms in total. The highest BCUT2D eigenvalue weighted by Gasteiger charge is 2.42. The summed E-state index contributed by atoms with van der Waals surface area (Å²) in [5.74, 6) is -4.99. The van der Waals surface area contributed by atoms with E-state index in [0.29, 0.717) is 17.4 Å². The maximum atomic E-state index is 14.0. The Bertz CT molecular complexity index is 1460. The van der Waals surface area contributed by atoms with Crippen LogP contribution in [0.1, 0.15) is 50.7 Å². The molecule has 4 rings (SSSR count). The number of carbonyl (C=O) groups is 4. The van der Waals surface area contributed by atoms with Gasteiger partial charge in [0.15, 0.2) is 6.17 Å². The lowest BCUT2D eigenvalue weighted by molar-refractivity contribution is -0.138. The minimum atomic E-state index is -1.54. The summed E-state index contributed by atoms with van der Waals surface area (Å²) < 4.78 is 33.2. The zero-order valence-electron chi connectivity index (χ0n) is 22.5. The first kappa shape index (κ1) is 29.2. The first-order valence-corrected chi connectivity index (χ1v) is 12.9. The van der Waals surface area contributed by atoms with E-state index in [9.17, 15) is 33.1 Å². The first-order chi connectivity index (χ1) is 19.6. The van der Waals surface area contributed by atoms with Crippen molar-refractivity contribution in [1.29, 1.82) is 0 Å². The Labute approximate surface area is 235 Å². The lowest BCUT2D eigenvalue weighted by Gasteiger charge is -2.43. The fourth-order valence-electron chi connectivity index (χ4n) is 4.86. The zero-order valence-corrected chi connectivity index (χ0v) is 22.5. The normalized spacial score (nSPS) is 15.7. The quantitative estimate of drug-likeness (QED) is 0.428. The van der Waals surface area contributed by atoms with E-state index in [1.807, 2.05) is 13.0 Å². The van der Waals surface area contributed by atoms with Crippen LogP contribution in [0.2, 0.25) is 0 Å². The minimum absolute atomic E-state index is 0.00495. The number of carboxylic acids is 1. The van der Waals surface area contributed by atoms with Gasteiger partial charge in [-0.15, -0.1) is 0 Å². The molecule has 3 aromatic carbocycles. The fourth-order valence-corrected chi connectivity index (χ4v) is 4.86. The number of rotatable bonds is 8. The smallest absolute Gasteiger partial charge is 0.305 e. The summed E-state index contributed by atoms with van der Waals surface area (Å²) in [6.07, 6.45) is -1.73. The molecule has 2 N–H and O–H groups in total. The summed E-state index contributed by atoms with van der Waals surface area (Å²) in [7, 11) is 1.44. The molecule has 0 aromatic heterocycles. The minimum Gasteiger partial charge on any atom is -0.497 e. The first-order valence-electron chi connectivity index (χ1n) is 12.9. The second-order valence-electron chi connectivity index (χ2n) is 9.69. The molecule has 1 fully saturated rings. The zero-order chi connectivity index (χ0) is 29.7. The Morgan fingerprint density at radius 1 is 0.927 bits per heavy atom. The van der Waals surface area contributed by atoms with Gasteiger partial charge in [0, 0.05) is 30.3 Å². The van der Waals surface area contributed by atoms with Gasteiger partial charge >= 0.3 is 5.97 Å². The van der Waals surface area contributed by atoms with E-state index in [-0.39, 0.29) is 30.6 Å².